The third-order valence-electron chi connectivity index (χ3n) is 2.51. The number of ether oxygens (including phenoxy) is 1. The van der Waals surface area contributed by atoms with E-state index in [1.807, 2.05) is 78.9 Å². The van der Waals surface area contributed by atoms with Crippen molar-refractivity contribution >= 4 is 11.8 Å². The van der Waals surface area contributed by atoms with Gasteiger partial charge in [-0.3, -0.25) is 0 Å². The molecule has 0 saturated carbocycles. The van der Waals surface area contributed by atoms with Gasteiger partial charge in [0.05, 0.1) is 0 Å². The van der Waals surface area contributed by atoms with Crippen molar-refractivity contribution in [2.75, 3.05) is 18.5 Å². The molecule has 0 aliphatic carbocycles. The zero-order valence-corrected chi connectivity index (χ0v) is 14.4. The number of nitrogens with zero attached hydrogens (tertiary/aromatic N) is 1. The number of carbonyl (C=O) groups excluding carboxylic acids is 1. The van der Waals surface area contributed by atoms with Gasteiger partial charge in [-0.25, -0.2) is 4.79 Å². The summed E-state index contributed by atoms with van der Waals surface area (Å²) in [6.45, 7) is 12.3. The Morgan fingerprint density at radius 2 is 1.76 bits per heavy atom. The minimum absolute atomic E-state index is 0.0139. The summed E-state index contributed by atoms with van der Waals surface area (Å²) in [5.41, 5.74) is 0.662. The molecule has 120 valence electrons. The number of alkyl carbamates (subject to hydrolysis) is 1. The Kier molecular flexibility index (Phi) is 8.51. The number of hydrogen-bond donors (Lipinski definition) is 1. The van der Waals surface area contributed by atoms with Gasteiger partial charge in [0.25, 0.3) is 0 Å². The molecular formula is C17H30N2O2. The van der Waals surface area contributed by atoms with Crippen LogP contribution in [-0.4, -0.2) is 31.3 Å². The molecule has 1 aromatic rings. The van der Waals surface area contributed by atoms with Gasteiger partial charge in [-0.05, 0) is 39.8 Å². The summed E-state index contributed by atoms with van der Waals surface area (Å²) in [5.74, 6) is 0. The molecule has 4 nitrogen and oxygen atoms in total. The highest BCUT2D eigenvalue weighted by molar-refractivity contribution is 5.68. The van der Waals surface area contributed by atoms with E-state index in [1.54, 1.807) is 0 Å². The minimum atomic E-state index is -0.463. The molecule has 0 fully saturated rings. The van der Waals surface area contributed by atoms with Gasteiger partial charge in [0.1, 0.15) is 5.60 Å². The minimum Gasteiger partial charge on any atom is -0.444 e. The highest BCUT2D eigenvalue weighted by Crippen LogP contribution is 2.11. The van der Waals surface area contributed by atoms with E-state index < -0.39 is 5.60 Å². The number of benzene rings is 1. The second-order valence-corrected chi connectivity index (χ2v) is 5.76. The summed E-state index contributed by atoms with van der Waals surface area (Å²) in [6, 6.07) is 10.1. The average Bonchev–Trinajstić information content (AvgIpc) is 2.39. The van der Waals surface area contributed by atoms with Gasteiger partial charge in [-0.15, -0.1) is 0 Å². The van der Waals surface area contributed by atoms with Crippen molar-refractivity contribution in [3.8, 4) is 0 Å². The number of anilines is 1. The molecule has 0 heterocycles. The lowest BCUT2D eigenvalue weighted by atomic mass is 10.2. The fourth-order valence-corrected chi connectivity index (χ4v) is 1.75. The number of amides is 1. The molecule has 1 N–H and O–H groups in total. The first-order chi connectivity index (χ1) is 9.78. The van der Waals surface area contributed by atoms with Gasteiger partial charge in [0, 0.05) is 25.3 Å². The predicted octanol–water partition coefficient (Wildman–Crippen LogP) is 4.06. The lowest BCUT2D eigenvalue weighted by Crippen LogP contribution is -2.43. The Hall–Kier alpha value is -1.71. The average molecular weight is 294 g/mol. The van der Waals surface area contributed by atoms with Crippen LogP contribution in [0.2, 0.25) is 0 Å². The van der Waals surface area contributed by atoms with Crippen molar-refractivity contribution in [1.29, 1.82) is 0 Å². The van der Waals surface area contributed by atoms with Gasteiger partial charge in [0.15, 0.2) is 0 Å². The van der Waals surface area contributed by atoms with Gasteiger partial charge >= 0.3 is 6.09 Å². The maximum Gasteiger partial charge on any atom is 0.407 e. The summed E-state index contributed by atoms with van der Waals surface area (Å²) in [6.07, 6.45) is -0.374. The van der Waals surface area contributed by atoms with Crippen LogP contribution in [0.15, 0.2) is 30.3 Å². The number of rotatable bonds is 4. The molecule has 0 bridgehead atoms. The second-order valence-electron chi connectivity index (χ2n) is 5.76. The Labute approximate surface area is 129 Å². The summed E-state index contributed by atoms with van der Waals surface area (Å²) >= 11 is 0. The van der Waals surface area contributed by atoms with Crippen LogP contribution in [-0.2, 0) is 4.74 Å². The Bertz CT molecular complexity index is 399. The number of carbonyl (C=O) groups is 1. The molecule has 4 heteroatoms. The zero-order valence-electron chi connectivity index (χ0n) is 14.4. The first kappa shape index (κ1) is 19.3. The number of hydrogen-bond acceptors (Lipinski definition) is 3. The largest absolute Gasteiger partial charge is 0.444 e. The molecule has 1 rings (SSSR count). The molecule has 21 heavy (non-hydrogen) atoms. The van der Waals surface area contributed by atoms with Gasteiger partial charge in [-0.1, -0.05) is 32.0 Å². The van der Waals surface area contributed by atoms with Crippen LogP contribution in [0.25, 0.3) is 0 Å². The topological polar surface area (TPSA) is 41.6 Å². The Morgan fingerprint density at radius 3 is 2.24 bits per heavy atom. The first-order valence-electron chi connectivity index (χ1n) is 7.53. The number of nitrogens with one attached hydrogen (secondary N) is 1. The smallest absolute Gasteiger partial charge is 0.407 e. The lowest BCUT2D eigenvalue weighted by molar-refractivity contribution is 0.0510. The Balaban J connectivity index is 0.00000191. The molecule has 1 aromatic carbocycles. The van der Waals surface area contributed by atoms with Gasteiger partial charge < -0.3 is 15.0 Å². The van der Waals surface area contributed by atoms with Gasteiger partial charge in [0.2, 0.25) is 0 Å². The van der Waals surface area contributed by atoms with E-state index in [1.165, 1.54) is 0 Å². The molecule has 1 amide bonds. The fourth-order valence-electron chi connectivity index (χ4n) is 1.75. The van der Waals surface area contributed by atoms with Crippen LogP contribution in [0.4, 0.5) is 10.5 Å². The van der Waals surface area contributed by atoms with Crippen molar-refractivity contribution in [2.24, 2.45) is 0 Å². The lowest BCUT2D eigenvalue weighted by Gasteiger charge is -2.26. The third kappa shape index (κ3) is 8.95. The molecule has 0 spiro atoms. The molecule has 0 aromatic heterocycles. The van der Waals surface area contributed by atoms with E-state index in [9.17, 15) is 4.79 Å². The van der Waals surface area contributed by atoms with Crippen LogP contribution in [0, 0.1) is 0 Å². The summed E-state index contributed by atoms with van der Waals surface area (Å²) in [7, 11) is 2.00. The van der Waals surface area contributed by atoms with Crippen LogP contribution in [0.1, 0.15) is 41.5 Å². The van der Waals surface area contributed by atoms with Crippen LogP contribution < -0.4 is 10.2 Å². The summed E-state index contributed by atoms with van der Waals surface area (Å²) in [4.78, 5) is 13.7. The van der Waals surface area contributed by atoms with E-state index in [4.69, 9.17) is 4.74 Å². The molecular weight excluding hydrogens is 264 g/mol. The maximum absolute atomic E-state index is 11.6. The van der Waals surface area contributed by atoms with E-state index in [2.05, 4.69) is 10.2 Å². The molecule has 0 radical (unpaired) electrons. The standard InChI is InChI=1S/C15H24N2O2.C2H6/c1-12(16-14(18)19-15(2,3)4)11-17(5)13-9-7-6-8-10-13;1-2/h6-10,12H,11H2,1-5H3,(H,16,18);1-2H3/t12-;/m0./s1. The van der Waals surface area contributed by atoms with Crippen LogP contribution in [0.5, 0.6) is 0 Å². The summed E-state index contributed by atoms with van der Waals surface area (Å²) in [5, 5.41) is 2.83. The van der Waals surface area contributed by atoms with Crippen molar-refractivity contribution < 1.29 is 9.53 Å². The monoisotopic (exact) mass is 294 g/mol. The SMILES string of the molecule is CC.C[C@@H](CN(C)c1ccccc1)NC(=O)OC(C)(C)C. The first-order valence-corrected chi connectivity index (χ1v) is 7.53. The van der Waals surface area contributed by atoms with E-state index in [-0.39, 0.29) is 12.1 Å². The highest BCUT2D eigenvalue weighted by atomic mass is 16.6. The van der Waals surface area contributed by atoms with Crippen LogP contribution >= 0.6 is 0 Å². The van der Waals surface area contributed by atoms with Crippen molar-refractivity contribution in [1.82, 2.24) is 5.32 Å². The van der Waals surface area contributed by atoms with Crippen molar-refractivity contribution in [2.45, 2.75) is 53.2 Å². The number of likely N-dealkylation sites (N-methyl/N-ethyl adjacent to an activating group) is 1. The fraction of sp³-hybridized carbons (Fsp3) is 0.588. The number of para-hydroxylation sites is 1. The molecule has 0 aliphatic rings. The normalized spacial score (nSPS) is 11.8. The molecule has 0 unspecified atom stereocenters. The summed E-state index contributed by atoms with van der Waals surface area (Å²) < 4.78 is 5.23. The molecule has 0 aliphatic heterocycles. The van der Waals surface area contributed by atoms with Gasteiger partial charge in [-0.2, -0.15) is 0 Å². The van der Waals surface area contributed by atoms with Crippen LogP contribution in [0.3, 0.4) is 0 Å². The highest BCUT2D eigenvalue weighted by Gasteiger charge is 2.18. The maximum atomic E-state index is 11.6. The van der Waals surface area contributed by atoms with E-state index in [0.29, 0.717) is 0 Å². The van der Waals surface area contributed by atoms with Crippen molar-refractivity contribution in [3.63, 3.8) is 0 Å². The zero-order chi connectivity index (χ0) is 16.5. The third-order valence-corrected chi connectivity index (χ3v) is 2.51. The quantitative estimate of drug-likeness (QED) is 0.910. The molecule has 0 saturated heterocycles. The van der Waals surface area contributed by atoms with E-state index in [0.717, 1.165) is 12.2 Å². The Morgan fingerprint density at radius 1 is 1.24 bits per heavy atom. The predicted molar refractivity (Wildman–Crippen MR) is 89.9 cm³/mol. The van der Waals surface area contributed by atoms with E-state index >= 15 is 0 Å². The molecule has 1 atom stereocenters. The second kappa shape index (κ2) is 9.27. The van der Waals surface area contributed by atoms with Crippen molar-refractivity contribution in [3.05, 3.63) is 30.3 Å².